The van der Waals surface area contributed by atoms with Crippen LogP contribution >= 0.6 is 0 Å². The summed E-state index contributed by atoms with van der Waals surface area (Å²) in [6.45, 7) is 5.46. The third-order valence-corrected chi connectivity index (χ3v) is 5.21. The number of aromatic hydroxyl groups is 1. The molecule has 0 aliphatic carbocycles. The SMILES string of the molecule is CCC1(CC)CCN1c1nc(OCCc2ccc(O)cc2)ncc1F. The van der Waals surface area contributed by atoms with Gasteiger partial charge in [-0.3, -0.25) is 0 Å². The first-order valence-electron chi connectivity index (χ1n) is 8.79. The average molecular weight is 345 g/mol. The lowest BCUT2D eigenvalue weighted by Crippen LogP contribution is -2.60. The van der Waals surface area contributed by atoms with E-state index < -0.39 is 5.82 Å². The number of nitrogens with zero attached hydrogens (tertiary/aromatic N) is 3. The Kier molecular flexibility index (Phi) is 5.06. The summed E-state index contributed by atoms with van der Waals surface area (Å²) in [5.74, 6) is 0.169. The predicted molar refractivity (Wildman–Crippen MR) is 94.6 cm³/mol. The molecular weight excluding hydrogens is 321 g/mol. The summed E-state index contributed by atoms with van der Waals surface area (Å²) in [4.78, 5) is 10.3. The minimum Gasteiger partial charge on any atom is -0.508 e. The van der Waals surface area contributed by atoms with Gasteiger partial charge >= 0.3 is 6.01 Å². The second-order valence-corrected chi connectivity index (χ2v) is 6.42. The zero-order chi connectivity index (χ0) is 17.9. The van der Waals surface area contributed by atoms with Crippen molar-refractivity contribution in [3.8, 4) is 11.8 Å². The Morgan fingerprint density at radius 1 is 1.24 bits per heavy atom. The van der Waals surface area contributed by atoms with E-state index in [-0.39, 0.29) is 17.3 Å². The van der Waals surface area contributed by atoms with E-state index in [1.807, 2.05) is 17.0 Å². The van der Waals surface area contributed by atoms with E-state index >= 15 is 0 Å². The molecule has 25 heavy (non-hydrogen) atoms. The van der Waals surface area contributed by atoms with Crippen molar-refractivity contribution in [1.29, 1.82) is 0 Å². The fourth-order valence-electron chi connectivity index (χ4n) is 3.38. The lowest BCUT2D eigenvalue weighted by molar-refractivity contribution is 0.245. The Bertz CT molecular complexity index is 712. The summed E-state index contributed by atoms with van der Waals surface area (Å²) < 4.78 is 19.8. The number of phenols is 1. The Morgan fingerprint density at radius 2 is 1.96 bits per heavy atom. The van der Waals surface area contributed by atoms with Gasteiger partial charge < -0.3 is 14.7 Å². The van der Waals surface area contributed by atoms with Gasteiger partial charge in [0.15, 0.2) is 11.6 Å². The maximum Gasteiger partial charge on any atom is 0.318 e. The highest BCUT2D eigenvalue weighted by Crippen LogP contribution is 2.40. The Balaban J connectivity index is 1.66. The van der Waals surface area contributed by atoms with Crippen LogP contribution in [0.3, 0.4) is 0 Å². The molecule has 1 aromatic heterocycles. The number of hydrogen-bond donors (Lipinski definition) is 1. The van der Waals surface area contributed by atoms with E-state index in [4.69, 9.17) is 4.74 Å². The highest BCUT2D eigenvalue weighted by Gasteiger charge is 2.43. The molecule has 0 amide bonds. The van der Waals surface area contributed by atoms with Crippen LogP contribution in [0.25, 0.3) is 0 Å². The van der Waals surface area contributed by atoms with Crippen molar-refractivity contribution >= 4 is 5.82 Å². The first-order valence-corrected chi connectivity index (χ1v) is 8.79. The molecule has 5 nitrogen and oxygen atoms in total. The Labute approximate surface area is 147 Å². The van der Waals surface area contributed by atoms with Gasteiger partial charge in [-0.2, -0.15) is 4.98 Å². The predicted octanol–water partition coefficient (Wildman–Crippen LogP) is 3.71. The van der Waals surface area contributed by atoms with Crippen LogP contribution < -0.4 is 9.64 Å². The largest absolute Gasteiger partial charge is 0.508 e. The van der Waals surface area contributed by atoms with E-state index in [1.165, 1.54) is 6.20 Å². The molecule has 1 N–H and O–H groups in total. The lowest BCUT2D eigenvalue weighted by atomic mass is 9.80. The van der Waals surface area contributed by atoms with Gasteiger partial charge in [0.05, 0.1) is 12.8 Å². The van der Waals surface area contributed by atoms with Crippen LogP contribution in [0, 0.1) is 5.82 Å². The molecule has 134 valence electrons. The molecule has 0 atom stereocenters. The quantitative estimate of drug-likeness (QED) is 0.829. The molecular formula is C19H24FN3O2. The highest BCUT2D eigenvalue weighted by molar-refractivity contribution is 5.47. The number of halogens is 1. The molecule has 1 saturated heterocycles. The van der Waals surface area contributed by atoms with Crippen molar-refractivity contribution in [2.75, 3.05) is 18.1 Å². The number of hydrogen-bond acceptors (Lipinski definition) is 5. The van der Waals surface area contributed by atoms with Crippen LogP contribution in [0.1, 0.15) is 38.7 Å². The zero-order valence-corrected chi connectivity index (χ0v) is 14.7. The van der Waals surface area contributed by atoms with Crippen LogP contribution in [-0.2, 0) is 6.42 Å². The summed E-state index contributed by atoms with van der Waals surface area (Å²) in [5.41, 5.74) is 1.04. The molecule has 6 heteroatoms. The number of rotatable bonds is 7. The molecule has 2 aromatic rings. The van der Waals surface area contributed by atoms with Gasteiger partial charge in [-0.15, -0.1) is 0 Å². The molecule has 0 unspecified atom stereocenters. The van der Waals surface area contributed by atoms with Crippen LogP contribution in [-0.4, -0.2) is 33.8 Å². The second-order valence-electron chi connectivity index (χ2n) is 6.42. The molecule has 0 radical (unpaired) electrons. The third kappa shape index (κ3) is 3.52. The molecule has 3 rings (SSSR count). The Hall–Kier alpha value is -2.37. The van der Waals surface area contributed by atoms with Crippen molar-refractivity contribution in [1.82, 2.24) is 9.97 Å². The van der Waals surface area contributed by atoms with E-state index in [0.717, 1.165) is 31.4 Å². The minimum absolute atomic E-state index is 0.00148. The smallest absolute Gasteiger partial charge is 0.318 e. The monoisotopic (exact) mass is 345 g/mol. The summed E-state index contributed by atoms with van der Waals surface area (Å²) in [7, 11) is 0. The number of benzene rings is 1. The van der Waals surface area contributed by atoms with Gasteiger partial charge in [-0.05, 0) is 37.0 Å². The van der Waals surface area contributed by atoms with Crippen molar-refractivity contribution in [2.24, 2.45) is 0 Å². The maximum atomic E-state index is 14.2. The topological polar surface area (TPSA) is 58.5 Å². The van der Waals surface area contributed by atoms with Crippen LogP contribution in [0.15, 0.2) is 30.5 Å². The third-order valence-electron chi connectivity index (χ3n) is 5.21. The van der Waals surface area contributed by atoms with Crippen molar-refractivity contribution < 1.29 is 14.2 Å². The minimum atomic E-state index is -0.406. The van der Waals surface area contributed by atoms with Gasteiger partial charge in [0, 0.05) is 18.5 Å². The van der Waals surface area contributed by atoms with Crippen LogP contribution in [0.4, 0.5) is 10.2 Å². The molecule has 1 aromatic carbocycles. The highest BCUT2D eigenvalue weighted by atomic mass is 19.1. The van der Waals surface area contributed by atoms with Crippen molar-refractivity contribution in [2.45, 2.75) is 45.1 Å². The number of anilines is 1. The summed E-state index contributed by atoms with van der Waals surface area (Å²) >= 11 is 0. The van der Waals surface area contributed by atoms with Crippen LogP contribution in [0.5, 0.6) is 11.8 Å². The number of ether oxygens (including phenoxy) is 1. The summed E-state index contributed by atoms with van der Waals surface area (Å²) in [6.07, 6.45) is 4.83. The summed E-state index contributed by atoms with van der Waals surface area (Å²) in [5, 5.41) is 9.29. The van der Waals surface area contributed by atoms with Gasteiger partial charge in [0.1, 0.15) is 5.75 Å². The second kappa shape index (κ2) is 7.25. The van der Waals surface area contributed by atoms with E-state index in [0.29, 0.717) is 18.8 Å². The van der Waals surface area contributed by atoms with E-state index in [1.54, 1.807) is 12.1 Å². The Morgan fingerprint density at radius 3 is 2.56 bits per heavy atom. The molecule has 0 saturated carbocycles. The maximum absolute atomic E-state index is 14.2. The normalized spacial score (nSPS) is 15.7. The number of aromatic nitrogens is 2. The first-order chi connectivity index (χ1) is 12.1. The average Bonchev–Trinajstić information content (AvgIpc) is 2.60. The van der Waals surface area contributed by atoms with Gasteiger partial charge in [0.2, 0.25) is 0 Å². The van der Waals surface area contributed by atoms with Gasteiger partial charge in [-0.25, -0.2) is 9.37 Å². The molecule has 2 heterocycles. The summed E-state index contributed by atoms with van der Waals surface area (Å²) in [6, 6.07) is 7.16. The molecule has 1 aliphatic heterocycles. The molecule has 1 aliphatic rings. The van der Waals surface area contributed by atoms with Gasteiger partial charge in [-0.1, -0.05) is 26.0 Å². The van der Waals surface area contributed by atoms with E-state index in [9.17, 15) is 9.50 Å². The fourth-order valence-corrected chi connectivity index (χ4v) is 3.38. The van der Waals surface area contributed by atoms with Gasteiger partial charge in [0.25, 0.3) is 0 Å². The molecule has 0 spiro atoms. The first kappa shape index (κ1) is 17.5. The molecule has 0 bridgehead atoms. The van der Waals surface area contributed by atoms with Crippen molar-refractivity contribution in [3.05, 3.63) is 41.8 Å². The fraction of sp³-hybridized carbons (Fsp3) is 0.474. The van der Waals surface area contributed by atoms with E-state index in [2.05, 4.69) is 23.8 Å². The van der Waals surface area contributed by atoms with Crippen molar-refractivity contribution in [3.63, 3.8) is 0 Å². The standard InChI is InChI=1S/C19H24FN3O2/c1-3-19(4-2)10-11-23(19)17-16(20)13-21-18(22-17)25-12-9-14-5-7-15(24)8-6-14/h5-8,13,24H,3-4,9-12H2,1-2H3. The number of phenolic OH excluding ortho intramolecular Hbond substituents is 1. The zero-order valence-electron chi connectivity index (χ0n) is 14.7. The lowest BCUT2D eigenvalue weighted by Gasteiger charge is -2.53. The molecule has 1 fully saturated rings. The van der Waals surface area contributed by atoms with Crippen LogP contribution in [0.2, 0.25) is 0 Å².